The van der Waals surface area contributed by atoms with Crippen molar-refractivity contribution in [2.75, 3.05) is 27.2 Å². The van der Waals surface area contributed by atoms with Gasteiger partial charge in [0.25, 0.3) is 0 Å². The van der Waals surface area contributed by atoms with Gasteiger partial charge >= 0.3 is 0 Å². The molecular weight excluding hydrogens is 196 g/mol. The van der Waals surface area contributed by atoms with Gasteiger partial charge < -0.3 is 10.2 Å². The number of hydrogen-bond acceptors (Lipinski definition) is 2. The summed E-state index contributed by atoms with van der Waals surface area (Å²) in [4.78, 5) is 2.27. The van der Waals surface area contributed by atoms with Gasteiger partial charge in [-0.3, -0.25) is 0 Å². The normalized spacial score (nSPS) is 30.9. The van der Waals surface area contributed by atoms with E-state index >= 15 is 0 Å². The van der Waals surface area contributed by atoms with Crippen LogP contribution in [0.15, 0.2) is 0 Å². The molecule has 1 aliphatic rings. The smallest absolute Gasteiger partial charge is 0.00928 e. The van der Waals surface area contributed by atoms with Gasteiger partial charge in [0.1, 0.15) is 0 Å². The summed E-state index contributed by atoms with van der Waals surface area (Å²) in [5, 5.41) is 3.75. The molecule has 3 atom stereocenters. The number of unbranched alkanes of at least 4 members (excludes halogenated alkanes) is 1. The van der Waals surface area contributed by atoms with E-state index in [9.17, 15) is 0 Å². The average Bonchev–Trinajstić information content (AvgIpc) is 2.20. The number of nitrogens with zero attached hydrogens (tertiary/aromatic N) is 1. The molecule has 1 rings (SSSR count). The zero-order valence-corrected chi connectivity index (χ0v) is 11.6. The highest BCUT2D eigenvalue weighted by Gasteiger charge is 2.24. The minimum atomic E-state index is 0.788. The van der Waals surface area contributed by atoms with Crippen LogP contribution in [0.4, 0.5) is 0 Å². The topological polar surface area (TPSA) is 15.3 Å². The summed E-state index contributed by atoms with van der Waals surface area (Å²) in [5.74, 6) is 1.82. The summed E-state index contributed by atoms with van der Waals surface area (Å²) in [7, 11) is 4.30. The molecule has 1 aliphatic carbocycles. The summed E-state index contributed by atoms with van der Waals surface area (Å²) in [6, 6.07) is 0.788. The predicted octanol–water partition coefficient (Wildman–Crippen LogP) is 2.74. The van der Waals surface area contributed by atoms with E-state index in [-0.39, 0.29) is 0 Å². The largest absolute Gasteiger partial charge is 0.314 e. The Morgan fingerprint density at radius 2 is 1.88 bits per heavy atom. The van der Waals surface area contributed by atoms with Gasteiger partial charge in [-0.2, -0.15) is 0 Å². The van der Waals surface area contributed by atoms with E-state index in [1.54, 1.807) is 0 Å². The van der Waals surface area contributed by atoms with Crippen LogP contribution in [0.5, 0.6) is 0 Å². The molecule has 1 fully saturated rings. The molecule has 0 bridgehead atoms. The van der Waals surface area contributed by atoms with Crippen molar-refractivity contribution in [3.05, 3.63) is 0 Å². The number of rotatable bonds is 6. The molecule has 0 aromatic carbocycles. The van der Waals surface area contributed by atoms with E-state index in [0.29, 0.717) is 0 Å². The fraction of sp³-hybridized carbons (Fsp3) is 1.00. The summed E-state index contributed by atoms with van der Waals surface area (Å²) >= 11 is 0. The van der Waals surface area contributed by atoms with Crippen LogP contribution in [0.2, 0.25) is 0 Å². The van der Waals surface area contributed by atoms with E-state index in [2.05, 4.69) is 38.2 Å². The number of hydrogen-bond donors (Lipinski definition) is 1. The zero-order chi connectivity index (χ0) is 12.0. The molecule has 0 radical (unpaired) electrons. The Hall–Kier alpha value is -0.0800. The molecule has 1 saturated carbocycles. The molecule has 0 amide bonds. The van der Waals surface area contributed by atoms with Crippen molar-refractivity contribution in [3.63, 3.8) is 0 Å². The highest BCUT2D eigenvalue weighted by atomic mass is 15.0. The monoisotopic (exact) mass is 226 g/mol. The quantitative estimate of drug-likeness (QED) is 0.701. The van der Waals surface area contributed by atoms with Crippen molar-refractivity contribution in [2.45, 2.75) is 52.0 Å². The molecule has 1 N–H and O–H groups in total. The first-order chi connectivity index (χ1) is 7.59. The molecule has 0 heterocycles. The van der Waals surface area contributed by atoms with Crippen molar-refractivity contribution in [1.29, 1.82) is 0 Å². The molecule has 0 spiro atoms. The Bertz CT molecular complexity index is 180. The third-order valence-electron chi connectivity index (χ3n) is 3.87. The fourth-order valence-electron chi connectivity index (χ4n) is 2.81. The first-order valence-electron chi connectivity index (χ1n) is 6.97. The molecule has 2 heteroatoms. The van der Waals surface area contributed by atoms with Crippen molar-refractivity contribution in [2.24, 2.45) is 11.8 Å². The maximum atomic E-state index is 3.75. The predicted molar refractivity (Wildman–Crippen MR) is 71.8 cm³/mol. The lowest BCUT2D eigenvalue weighted by atomic mass is 9.80. The highest BCUT2D eigenvalue weighted by Crippen LogP contribution is 2.28. The average molecular weight is 226 g/mol. The van der Waals surface area contributed by atoms with Gasteiger partial charge in [0, 0.05) is 6.04 Å². The van der Waals surface area contributed by atoms with Gasteiger partial charge in [0.05, 0.1) is 0 Å². The number of nitrogens with one attached hydrogen (secondary N) is 1. The van der Waals surface area contributed by atoms with Crippen LogP contribution in [-0.2, 0) is 0 Å². The minimum Gasteiger partial charge on any atom is -0.314 e. The second-order valence-corrected chi connectivity index (χ2v) is 5.97. The van der Waals surface area contributed by atoms with E-state index in [4.69, 9.17) is 0 Å². The molecule has 3 unspecified atom stereocenters. The van der Waals surface area contributed by atoms with Crippen molar-refractivity contribution >= 4 is 0 Å². The van der Waals surface area contributed by atoms with Crippen molar-refractivity contribution in [1.82, 2.24) is 10.2 Å². The highest BCUT2D eigenvalue weighted by molar-refractivity contribution is 4.80. The third-order valence-corrected chi connectivity index (χ3v) is 3.87. The summed E-state index contributed by atoms with van der Waals surface area (Å²) in [6.45, 7) is 7.23. The van der Waals surface area contributed by atoms with E-state index in [1.165, 1.54) is 45.2 Å². The SMILES string of the molecule is CC1CCC(NCCCCN(C)C)C(C)C1. The van der Waals surface area contributed by atoms with Gasteiger partial charge in [-0.05, 0) is 71.1 Å². The standard InChI is InChI=1S/C14H30N2/c1-12-7-8-14(13(2)11-12)15-9-5-6-10-16(3)4/h12-15H,5-11H2,1-4H3. The van der Waals surface area contributed by atoms with Crippen LogP contribution >= 0.6 is 0 Å². The summed E-state index contributed by atoms with van der Waals surface area (Å²) < 4.78 is 0. The zero-order valence-electron chi connectivity index (χ0n) is 11.6. The minimum absolute atomic E-state index is 0.788. The van der Waals surface area contributed by atoms with Crippen LogP contribution < -0.4 is 5.32 Å². The van der Waals surface area contributed by atoms with E-state index in [0.717, 1.165) is 17.9 Å². The lowest BCUT2D eigenvalue weighted by Crippen LogP contribution is -2.39. The Kier molecular flexibility index (Phi) is 6.37. The first kappa shape index (κ1) is 14.0. The lowest BCUT2D eigenvalue weighted by Gasteiger charge is -2.33. The van der Waals surface area contributed by atoms with Crippen LogP contribution in [-0.4, -0.2) is 38.1 Å². The van der Waals surface area contributed by atoms with Crippen LogP contribution in [0.25, 0.3) is 0 Å². The van der Waals surface area contributed by atoms with Crippen LogP contribution in [0.1, 0.15) is 46.0 Å². The second kappa shape index (κ2) is 7.29. The summed E-state index contributed by atoms with van der Waals surface area (Å²) in [5.41, 5.74) is 0. The van der Waals surface area contributed by atoms with Gasteiger partial charge in [-0.15, -0.1) is 0 Å². The van der Waals surface area contributed by atoms with E-state index in [1.807, 2.05) is 0 Å². The van der Waals surface area contributed by atoms with Gasteiger partial charge in [-0.1, -0.05) is 13.8 Å². The Morgan fingerprint density at radius 3 is 2.50 bits per heavy atom. The van der Waals surface area contributed by atoms with Gasteiger partial charge in [0.15, 0.2) is 0 Å². The molecular formula is C14H30N2. The van der Waals surface area contributed by atoms with Crippen molar-refractivity contribution < 1.29 is 0 Å². The second-order valence-electron chi connectivity index (χ2n) is 5.97. The van der Waals surface area contributed by atoms with Gasteiger partial charge in [0.2, 0.25) is 0 Å². The third kappa shape index (κ3) is 5.31. The Morgan fingerprint density at radius 1 is 1.12 bits per heavy atom. The molecule has 0 saturated heterocycles. The molecule has 0 aliphatic heterocycles. The maximum Gasteiger partial charge on any atom is 0.00928 e. The molecule has 16 heavy (non-hydrogen) atoms. The molecule has 0 aromatic rings. The first-order valence-corrected chi connectivity index (χ1v) is 6.97. The van der Waals surface area contributed by atoms with Crippen LogP contribution in [0, 0.1) is 11.8 Å². The lowest BCUT2D eigenvalue weighted by molar-refractivity contribution is 0.227. The Labute approximate surface area is 102 Å². The maximum absolute atomic E-state index is 3.75. The molecule has 2 nitrogen and oxygen atoms in total. The van der Waals surface area contributed by atoms with Crippen molar-refractivity contribution in [3.8, 4) is 0 Å². The Balaban J connectivity index is 2.04. The molecule has 0 aromatic heterocycles. The molecule has 96 valence electrons. The summed E-state index contributed by atoms with van der Waals surface area (Å²) in [6.07, 6.45) is 6.85. The fourth-order valence-corrected chi connectivity index (χ4v) is 2.81. The van der Waals surface area contributed by atoms with E-state index < -0.39 is 0 Å². The van der Waals surface area contributed by atoms with Crippen LogP contribution in [0.3, 0.4) is 0 Å². The van der Waals surface area contributed by atoms with Gasteiger partial charge in [-0.25, -0.2) is 0 Å².